The fourth-order valence-corrected chi connectivity index (χ4v) is 1.36. The molecule has 0 amide bonds. The molecule has 1 heterocycles. The molecular weight excluding hydrogens is 188 g/mol. The van der Waals surface area contributed by atoms with Crippen molar-refractivity contribution in [3.63, 3.8) is 0 Å². The van der Waals surface area contributed by atoms with Gasteiger partial charge in [-0.2, -0.15) is 0 Å². The van der Waals surface area contributed by atoms with Crippen LogP contribution in [0.2, 0.25) is 0 Å². The number of aromatic nitrogens is 3. The van der Waals surface area contributed by atoms with Gasteiger partial charge >= 0.3 is 0 Å². The molecule has 86 valence electrons. The van der Waals surface area contributed by atoms with Gasteiger partial charge in [0.1, 0.15) is 0 Å². The minimum Gasteiger partial charge on any atom is -0.309 e. The Labute approximate surface area is 92.1 Å². The summed E-state index contributed by atoms with van der Waals surface area (Å²) in [5, 5.41) is 11.5. The number of unbranched alkanes of at least 4 members (excludes halogenated alkanes) is 2. The Hall–Kier alpha value is -0.900. The lowest BCUT2D eigenvalue weighted by molar-refractivity contribution is 0.537. The first-order chi connectivity index (χ1) is 7.22. The van der Waals surface area contributed by atoms with E-state index in [1.165, 1.54) is 19.3 Å². The number of rotatable bonds is 7. The minimum atomic E-state index is 0.496. The van der Waals surface area contributed by atoms with Crippen molar-refractivity contribution in [2.24, 2.45) is 0 Å². The highest BCUT2D eigenvalue weighted by Crippen LogP contribution is 1.99. The van der Waals surface area contributed by atoms with Crippen LogP contribution in [0.1, 0.15) is 45.7 Å². The molecule has 4 nitrogen and oxygen atoms in total. The molecule has 0 unspecified atom stereocenters. The van der Waals surface area contributed by atoms with Crippen LogP contribution in [0.4, 0.5) is 0 Å². The van der Waals surface area contributed by atoms with Gasteiger partial charge in [0.2, 0.25) is 0 Å². The molecule has 1 rings (SSSR count). The first kappa shape index (κ1) is 12.2. The van der Waals surface area contributed by atoms with Gasteiger partial charge in [-0.3, -0.25) is 4.68 Å². The topological polar surface area (TPSA) is 42.7 Å². The van der Waals surface area contributed by atoms with Gasteiger partial charge < -0.3 is 5.32 Å². The van der Waals surface area contributed by atoms with Crippen molar-refractivity contribution in [2.45, 2.75) is 59.2 Å². The van der Waals surface area contributed by atoms with Gasteiger partial charge in [0.05, 0.1) is 5.69 Å². The third-order valence-electron chi connectivity index (χ3n) is 2.27. The lowest BCUT2D eigenvalue weighted by Gasteiger charge is -2.04. The summed E-state index contributed by atoms with van der Waals surface area (Å²) in [4.78, 5) is 0. The van der Waals surface area contributed by atoms with Gasteiger partial charge in [0.15, 0.2) is 0 Å². The SMILES string of the molecule is CCCCCn1cc(CNC(C)C)nn1. The average molecular weight is 210 g/mol. The second-order valence-corrected chi connectivity index (χ2v) is 4.22. The zero-order chi connectivity index (χ0) is 11.1. The zero-order valence-corrected chi connectivity index (χ0v) is 10.0. The Kier molecular flexibility index (Phi) is 5.32. The quantitative estimate of drug-likeness (QED) is 0.700. The van der Waals surface area contributed by atoms with E-state index >= 15 is 0 Å². The highest BCUT2D eigenvalue weighted by molar-refractivity contribution is 4.91. The molecule has 0 aliphatic carbocycles. The Morgan fingerprint density at radius 1 is 1.40 bits per heavy atom. The molecule has 0 aliphatic rings. The smallest absolute Gasteiger partial charge is 0.0964 e. The van der Waals surface area contributed by atoms with Crippen LogP contribution in [0.25, 0.3) is 0 Å². The van der Waals surface area contributed by atoms with Gasteiger partial charge in [0, 0.05) is 25.3 Å². The maximum atomic E-state index is 4.12. The molecule has 0 saturated heterocycles. The molecule has 0 radical (unpaired) electrons. The molecule has 0 spiro atoms. The monoisotopic (exact) mass is 210 g/mol. The van der Waals surface area contributed by atoms with E-state index in [2.05, 4.69) is 36.4 Å². The number of hydrogen-bond donors (Lipinski definition) is 1. The highest BCUT2D eigenvalue weighted by Gasteiger charge is 2.00. The average Bonchev–Trinajstić information content (AvgIpc) is 2.63. The lowest BCUT2D eigenvalue weighted by Crippen LogP contribution is -2.21. The molecule has 0 aliphatic heterocycles. The molecule has 1 N–H and O–H groups in total. The van der Waals surface area contributed by atoms with E-state index in [1.807, 2.05) is 10.9 Å². The van der Waals surface area contributed by atoms with Crippen molar-refractivity contribution in [3.05, 3.63) is 11.9 Å². The second-order valence-electron chi connectivity index (χ2n) is 4.22. The van der Waals surface area contributed by atoms with Crippen LogP contribution in [0.15, 0.2) is 6.20 Å². The molecular formula is C11H22N4. The Balaban J connectivity index is 2.29. The molecule has 0 atom stereocenters. The minimum absolute atomic E-state index is 0.496. The van der Waals surface area contributed by atoms with Crippen molar-refractivity contribution in [2.75, 3.05) is 0 Å². The Bertz CT molecular complexity index is 267. The van der Waals surface area contributed by atoms with E-state index in [0.717, 1.165) is 18.8 Å². The fourth-order valence-electron chi connectivity index (χ4n) is 1.36. The molecule has 0 aromatic carbocycles. The number of hydrogen-bond acceptors (Lipinski definition) is 3. The summed E-state index contributed by atoms with van der Waals surface area (Å²) in [5.74, 6) is 0. The summed E-state index contributed by atoms with van der Waals surface area (Å²) in [6.07, 6.45) is 5.73. The fraction of sp³-hybridized carbons (Fsp3) is 0.818. The van der Waals surface area contributed by atoms with Crippen LogP contribution in [0.5, 0.6) is 0 Å². The molecule has 0 saturated carbocycles. The molecule has 0 fully saturated rings. The Morgan fingerprint density at radius 2 is 2.20 bits per heavy atom. The first-order valence-corrected chi connectivity index (χ1v) is 5.84. The predicted octanol–water partition coefficient (Wildman–Crippen LogP) is 1.97. The normalized spacial score (nSPS) is 11.2. The largest absolute Gasteiger partial charge is 0.309 e. The predicted molar refractivity (Wildman–Crippen MR) is 61.5 cm³/mol. The van der Waals surface area contributed by atoms with Crippen LogP contribution in [0.3, 0.4) is 0 Å². The van der Waals surface area contributed by atoms with Crippen LogP contribution < -0.4 is 5.32 Å². The van der Waals surface area contributed by atoms with Crippen molar-refractivity contribution >= 4 is 0 Å². The van der Waals surface area contributed by atoms with Crippen molar-refractivity contribution in [1.82, 2.24) is 20.3 Å². The van der Waals surface area contributed by atoms with Gasteiger partial charge in [0.25, 0.3) is 0 Å². The van der Waals surface area contributed by atoms with E-state index < -0.39 is 0 Å². The highest BCUT2D eigenvalue weighted by atomic mass is 15.4. The molecule has 1 aromatic rings. The van der Waals surface area contributed by atoms with Crippen LogP contribution in [0, 0.1) is 0 Å². The van der Waals surface area contributed by atoms with E-state index in [0.29, 0.717) is 6.04 Å². The standard InChI is InChI=1S/C11H22N4/c1-4-5-6-7-15-9-11(13-14-15)8-12-10(2)3/h9-10,12H,4-8H2,1-3H3. The summed E-state index contributed by atoms with van der Waals surface area (Å²) in [6, 6.07) is 0.496. The number of nitrogens with one attached hydrogen (secondary N) is 1. The van der Waals surface area contributed by atoms with Gasteiger partial charge in [-0.05, 0) is 6.42 Å². The van der Waals surface area contributed by atoms with Crippen molar-refractivity contribution in [1.29, 1.82) is 0 Å². The first-order valence-electron chi connectivity index (χ1n) is 5.84. The maximum absolute atomic E-state index is 4.12. The molecule has 4 heteroatoms. The van der Waals surface area contributed by atoms with Crippen molar-refractivity contribution in [3.8, 4) is 0 Å². The Morgan fingerprint density at radius 3 is 2.87 bits per heavy atom. The number of nitrogens with zero attached hydrogens (tertiary/aromatic N) is 3. The van der Waals surface area contributed by atoms with Crippen molar-refractivity contribution < 1.29 is 0 Å². The summed E-state index contributed by atoms with van der Waals surface area (Å²) < 4.78 is 1.94. The summed E-state index contributed by atoms with van der Waals surface area (Å²) in [5.41, 5.74) is 1.03. The lowest BCUT2D eigenvalue weighted by atomic mass is 10.2. The van der Waals surface area contributed by atoms with Crippen LogP contribution in [-0.4, -0.2) is 21.0 Å². The second kappa shape index (κ2) is 6.56. The van der Waals surface area contributed by atoms with E-state index in [4.69, 9.17) is 0 Å². The van der Waals surface area contributed by atoms with E-state index in [-0.39, 0.29) is 0 Å². The summed E-state index contributed by atoms with van der Waals surface area (Å²) in [6.45, 7) is 8.27. The summed E-state index contributed by atoms with van der Waals surface area (Å²) in [7, 11) is 0. The summed E-state index contributed by atoms with van der Waals surface area (Å²) >= 11 is 0. The molecule has 15 heavy (non-hydrogen) atoms. The van der Waals surface area contributed by atoms with Gasteiger partial charge in [-0.25, -0.2) is 0 Å². The number of aryl methyl sites for hydroxylation is 1. The van der Waals surface area contributed by atoms with Crippen LogP contribution in [-0.2, 0) is 13.1 Å². The van der Waals surface area contributed by atoms with Gasteiger partial charge in [-0.1, -0.05) is 38.8 Å². The van der Waals surface area contributed by atoms with Crippen LogP contribution >= 0.6 is 0 Å². The van der Waals surface area contributed by atoms with E-state index in [9.17, 15) is 0 Å². The zero-order valence-electron chi connectivity index (χ0n) is 10.0. The third kappa shape index (κ3) is 4.93. The van der Waals surface area contributed by atoms with Gasteiger partial charge in [-0.15, -0.1) is 5.10 Å². The molecule has 0 bridgehead atoms. The maximum Gasteiger partial charge on any atom is 0.0964 e. The van der Waals surface area contributed by atoms with E-state index in [1.54, 1.807) is 0 Å². The third-order valence-corrected chi connectivity index (χ3v) is 2.27. The molecule has 1 aromatic heterocycles.